The number of hydrogen-bond acceptors (Lipinski definition) is 3. The highest BCUT2D eigenvalue weighted by molar-refractivity contribution is 7.09. The van der Waals surface area contributed by atoms with Gasteiger partial charge in [0.15, 0.2) is 0 Å². The Morgan fingerprint density at radius 3 is 2.71 bits per heavy atom. The van der Waals surface area contributed by atoms with E-state index in [1.165, 1.54) is 6.07 Å². The number of thiazole rings is 1. The highest BCUT2D eigenvalue weighted by Gasteiger charge is 2.19. The van der Waals surface area contributed by atoms with Crippen LogP contribution in [0.2, 0.25) is 5.02 Å². The summed E-state index contributed by atoms with van der Waals surface area (Å²) in [5.41, 5.74) is 1.93. The fourth-order valence-corrected chi connectivity index (χ4v) is 3.22. The first-order valence-corrected chi connectivity index (χ1v) is 8.42. The Balaban J connectivity index is 2.34. The first-order valence-electron chi connectivity index (χ1n) is 7.16. The summed E-state index contributed by atoms with van der Waals surface area (Å²) >= 11 is 7.39. The number of aromatic nitrogens is 1. The van der Waals surface area contributed by atoms with Crippen molar-refractivity contribution < 1.29 is 4.39 Å². The maximum absolute atomic E-state index is 13.7. The highest BCUT2D eigenvalue weighted by Crippen LogP contribution is 2.29. The average molecular weight is 327 g/mol. The van der Waals surface area contributed by atoms with E-state index in [-0.39, 0.29) is 11.1 Å². The summed E-state index contributed by atoms with van der Waals surface area (Å²) in [5.74, 6) is 0.00174. The molecule has 21 heavy (non-hydrogen) atoms. The Bertz CT molecular complexity index is 598. The molecule has 2 aromatic rings. The monoisotopic (exact) mass is 326 g/mol. The van der Waals surface area contributed by atoms with Crippen LogP contribution in [-0.4, -0.2) is 11.5 Å². The Kier molecular flexibility index (Phi) is 5.73. The van der Waals surface area contributed by atoms with Crippen molar-refractivity contribution in [2.75, 3.05) is 6.54 Å². The lowest BCUT2D eigenvalue weighted by atomic mass is 10.1. The molecule has 0 radical (unpaired) electrons. The van der Waals surface area contributed by atoms with Gasteiger partial charge in [-0.2, -0.15) is 0 Å². The first kappa shape index (κ1) is 16.4. The normalized spacial score (nSPS) is 12.9. The van der Waals surface area contributed by atoms with E-state index in [1.807, 2.05) is 6.07 Å². The smallest absolute Gasteiger partial charge is 0.142 e. The molecule has 1 aromatic heterocycles. The summed E-state index contributed by atoms with van der Waals surface area (Å²) in [4.78, 5) is 4.69. The van der Waals surface area contributed by atoms with Crippen molar-refractivity contribution >= 4 is 22.9 Å². The summed E-state index contributed by atoms with van der Waals surface area (Å²) in [7, 11) is 0. The Hall–Kier alpha value is -0.970. The maximum atomic E-state index is 13.7. The molecule has 0 fully saturated rings. The lowest BCUT2D eigenvalue weighted by Gasteiger charge is -2.17. The van der Waals surface area contributed by atoms with Crippen molar-refractivity contribution in [3.8, 4) is 0 Å². The highest BCUT2D eigenvalue weighted by atomic mass is 35.5. The Morgan fingerprint density at radius 1 is 1.38 bits per heavy atom. The van der Waals surface area contributed by atoms with Crippen LogP contribution in [0.15, 0.2) is 23.6 Å². The second-order valence-electron chi connectivity index (χ2n) is 5.33. The molecule has 1 atom stereocenters. The number of hydrogen-bond donors (Lipinski definition) is 1. The largest absolute Gasteiger partial charge is 0.304 e. The number of halogens is 2. The molecule has 1 heterocycles. The van der Waals surface area contributed by atoms with Crippen LogP contribution >= 0.6 is 22.9 Å². The Labute approximate surface area is 134 Å². The van der Waals surface area contributed by atoms with Crippen molar-refractivity contribution in [3.05, 3.63) is 50.7 Å². The third-order valence-corrected chi connectivity index (χ3v) is 4.49. The molecule has 0 spiro atoms. The molecule has 1 aromatic carbocycles. The third kappa shape index (κ3) is 4.02. The van der Waals surface area contributed by atoms with Gasteiger partial charge in [0.2, 0.25) is 0 Å². The minimum atomic E-state index is -0.391. The SMILES string of the molecule is CCCNC(c1ccc(Cl)c(F)c1)c1nc(C(C)C)cs1. The molecule has 0 aliphatic carbocycles. The number of nitrogens with zero attached hydrogens (tertiary/aromatic N) is 1. The Morgan fingerprint density at radius 2 is 2.14 bits per heavy atom. The minimum Gasteiger partial charge on any atom is -0.304 e. The zero-order valence-electron chi connectivity index (χ0n) is 12.5. The molecule has 0 saturated carbocycles. The third-order valence-electron chi connectivity index (χ3n) is 3.25. The summed E-state index contributed by atoms with van der Waals surface area (Å²) in [5, 5.41) is 6.63. The van der Waals surface area contributed by atoms with Crippen LogP contribution in [0.3, 0.4) is 0 Å². The second kappa shape index (κ2) is 7.34. The summed E-state index contributed by atoms with van der Waals surface area (Å²) in [6.45, 7) is 7.20. The van der Waals surface area contributed by atoms with Crippen molar-refractivity contribution in [3.63, 3.8) is 0 Å². The number of rotatable bonds is 6. The van der Waals surface area contributed by atoms with Crippen molar-refractivity contribution in [2.45, 2.75) is 39.2 Å². The van der Waals surface area contributed by atoms with E-state index in [9.17, 15) is 4.39 Å². The molecule has 0 bridgehead atoms. The van der Waals surface area contributed by atoms with Gasteiger partial charge < -0.3 is 5.32 Å². The van der Waals surface area contributed by atoms with Crippen LogP contribution in [0.1, 0.15) is 55.4 Å². The van der Waals surface area contributed by atoms with Crippen molar-refractivity contribution in [1.82, 2.24) is 10.3 Å². The van der Waals surface area contributed by atoms with Crippen molar-refractivity contribution in [2.24, 2.45) is 0 Å². The number of nitrogens with one attached hydrogen (secondary N) is 1. The molecule has 1 unspecified atom stereocenters. The van der Waals surface area contributed by atoms with E-state index in [2.05, 4.69) is 31.5 Å². The molecule has 5 heteroatoms. The quantitative estimate of drug-likeness (QED) is 0.794. The zero-order chi connectivity index (χ0) is 15.4. The lowest BCUT2D eigenvalue weighted by Crippen LogP contribution is -2.23. The average Bonchev–Trinajstić information content (AvgIpc) is 2.93. The van der Waals surface area contributed by atoms with Gasteiger partial charge in [0.05, 0.1) is 16.8 Å². The topological polar surface area (TPSA) is 24.9 Å². The number of benzene rings is 1. The molecule has 0 aliphatic rings. The molecule has 0 amide bonds. The van der Waals surface area contributed by atoms with Crippen LogP contribution in [0.25, 0.3) is 0 Å². The predicted octanol–water partition coefficient (Wildman–Crippen LogP) is 5.15. The zero-order valence-corrected chi connectivity index (χ0v) is 14.1. The minimum absolute atomic E-state index is 0.0887. The molecule has 0 aliphatic heterocycles. The molecule has 1 N–H and O–H groups in total. The fraction of sp³-hybridized carbons (Fsp3) is 0.438. The van der Waals surface area contributed by atoms with Crippen LogP contribution in [0.5, 0.6) is 0 Å². The maximum Gasteiger partial charge on any atom is 0.142 e. The van der Waals surface area contributed by atoms with Gasteiger partial charge in [-0.25, -0.2) is 9.37 Å². The van der Waals surface area contributed by atoms with Gasteiger partial charge >= 0.3 is 0 Å². The molecular formula is C16H20ClFN2S. The van der Waals surface area contributed by atoms with E-state index in [0.29, 0.717) is 5.92 Å². The van der Waals surface area contributed by atoms with Crippen LogP contribution in [0, 0.1) is 5.82 Å². The van der Waals surface area contributed by atoms with Gasteiger partial charge in [-0.1, -0.05) is 38.4 Å². The van der Waals surface area contributed by atoms with Gasteiger partial charge in [-0.3, -0.25) is 0 Å². The van der Waals surface area contributed by atoms with Gasteiger partial charge in [0, 0.05) is 5.38 Å². The van der Waals surface area contributed by atoms with Gasteiger partial charge in [-0.05, 0) is 36.6 Å². The van der Waals surface area contributed by atoms with E-state index in [4.69, 9.17) is 16.6 Å². The van der Waals surface area contributed by atoms with E-state index in [1.54, 1.807) is 17.4 Å². The standard InChI is InChI=1S/C16H20ClFN2S/c1-4-7-19-15(11-5-6-12(17)13(18)8-11)16-20-14(9-21-16)10(2)3/h5-6,8-10,15,19H,4,7H2,1-3H3. The van der Waals surface area contributed by atoms with E-state index < -0.39 is 5.82 Å². The molecule has 2 nitrogen and oxygen atoms in total. The van der Waals surface area contributed by atoms with E-state index in [0.717, 1.165) is 29.2 Å². The van der Waals surface area contributed by atoms with E-state index >= 15 is 0 Å². The van der Waals surface area contributed by atoms with Gasteiger partial charge in [0.25, 0.3) is 0 Å². The lowest BCUT2D eigenvalue weighted by molar-refractivity contribution is 0.582. The summed E-state index contributed by atoms with van der Waals surface area (Å²) < 4.78 is 13.7. The molecule has 114 valence electrons. The fourth-order valence-electron chi connectivity index (χ4n) is 2.03. The summed E-state index contributed by atoms with van der Waals surface area (Å²) in [6, 6.07) is 4.86. The molecule has 2 rings (SSSR count). The van der Waals surface area contributed by atoms with Gasteiger partial charge in [0.1, 0.15) is 10.8 Å². The van der Waals surface area contributed by atoms with Crippen molar-refractivity contribution in [1.29, 1.82) is 0 Å². The summed E-state index contributed by atoms with van der Waals surface area (Å²) in [6.07, 6.45) is 1.01. The first-order chi connectivity index (χ1) is 10.0. The van der Waals surface area contributed by atoms with Crippen LogP contribution in [-0.2, 0) is 0 Å². The van der Waals surface area contributed by atoms with Gasteiger partial charge in [-0.15, -0.1) is 11.3 Å². The molecular weight excluding hydrogens is 307 g/mol. The second-order valence-corrected chi connectivity index (χ2v) is 6.62. The molecule has 0 saturated heterocycles. The van der Waals surface area contributed by atoms with Crippen LogP contribution < -0.4 is 5.32 Å². The predicted molar refractivity (Wildman–Crippen MR) is 87.7 cm³/mol. The van der Waals surface area contributed by atoms with Crippen LogP contribution in [0.4, 0.5) is 4.39 Å².